The topological polar surface area (TPSA) is 59.0 Å². The SMILES string of the molecule is O=c1[nH]c2ccccc2n1OCC1CCNCC1. The predicted molar refractivity (Wildman–Crippen MR) is 69.6 cm³/mol. The molecule has 1 aliphatic heterocycles. The Hall–Kier alpha value is -1.75. The maximum atomic E-state index is 11.8. The van der Waals surface area contributed by atoms with Crippen LogP contribution in [0.25, 0.3) is 11.0 Å². The molecule has 0 spiro atoms. The van der Waals surface area contributed by atoms with Crippen molar-refractivity contribution < 1.29 is 4.84 Å². The molecular weight excluding hydrogens is 230 g/mol. The molecule has 1 aliphatic rings. The standard InChI is InChI=1S/C13H17N3O2/c17-13-15-11-3-1-2-4-12(11)16(13)18-9-10-5-7-14-8-6-10/h1-4,10,14H,5-9H2,(H,15,17). The van der Waals surface area contributed by atoms with Gasteiger partial charge in [-0.15, -0.1) is 4.73 Å². The molecule has 0 unspecified atom stereocenters. The molecule has 1 saturated heterocycles. The van der Waals surface area contributed by atoms with E-state index < -0.39 is 0 Å². The van der Waals surface area contributed by atoms with Crippen LogP contribution in [0.2, 0.25) is 0 Å². The smallest absolute Gasteiger partial charge is 0.359 e. The van der Waals surface area contributed by atoms with E-state index in [0.29, 0.717) is 12.5 Å². The second-order valence-electron chi connectivity index (χ2n) is 4.73. The van der Waals surface area contributed by atoms with E-state index >= 15 is 0 Å². The zero-order chi connectivity index (χ0) is 12.4. The number of para-hydroxylation sites is 2. The van der Waals surface area contributed by atoms with E-state index in [0.717, 1.165) is 37.0 Å². The lowest BCUT2D eigenvalue weighted by Gasteiger charge is -2.22. The molecule has 3 rings (SSSR count). The lowest BCUT2D eigenvalue weighted by molar-refractivity contribution is 0.0718. The number of aromatic amines is 1. The van der Waals surface area contributed by atoms with Gasteiger partial charge in [0.05, 0.1) is 5.52 Å². The van der Waals surface area contributed by atoms with Crippen LogP contribution >= 0.6 is 0 Å². The first-order valence-corrected chi connectivity index (χ1v) is 6.38. The molecule has 96 valence electrons. The van der Waals surface area contributed by atoms with Crippen molar-refractivity contribution in [1.82, 2.24) is 15.0 Å². The third kappa shape index (κ3) is 2.13. The number of H-pyrrole nitrogens is 1. The molecule has 1 aromatic heterocycles. The number of hydrogen-bond donors (Lipinski definition) is 2. The Kier molecular flexibility index (Phi) is 3.06. The number of fused-ring (bicyclic) bond motifs is 1. The van der Waals surface area contributed by atoms with Gasteiger partial charge >= 0.3 is 5.69 Å². The number of imidazole rings is 1. The molecule has 5 nitrogen and oxygen atoms in total. The highest BCUT2D eigenvalue weighted by molar-refractivity contribution is 5.74. The lowest BCUT2D eigenvalue weighted by Crippen LogP contribution is -2.34. The Balaban J connectivity index is 1.77. The Morgan fingerprint density at radius 2 is 2.06 bits per heavy atom. The second-order valence-corrected chi connectivity index (χ2v) is 4.73. The van der Waals surface area contributed by atoms with Gasteiger partial charge in [-0.2, -0.15) is 0 Å². The van der Waals surface area contributed by atoms with Crippen molar-refractivity contribution in [3.8, 4) is 0 Å². The Bertz CT molecular complexity index is 581. The van der Waals surface area contributed by atoms with Gasteiger partial charge in [0.25, 0.3) is 0 Å². The first-order valence-electron chi connectivity index (χ1n) is 6.38. The summed E-state index contributed by atoms with van der Waals surface area (Å²) in [5, 5.41) is 3.32. The Labute approximate surface area is 105 Å². The molecule has 18 heavy (non-hydrogen) atoms. The summed E-state index contributed by atoms with van der Waals surface area (Å²) in [5.41, 5.74) is 1.41. The summed E-state index contributed by atoms with van der Waals surface area (Å²) in [5.74, 6) is 0.534. The van der Waals surface area contributed by atoms with Gasteiger partial charge in [-0.3, -0.25) is 0 Å². The minimum Gasteiger partial charge on any atom is -0.409 e. The summed E-state index contributed by atoms with van der Waals surface area (Å²) < 4.78 is 1.37. The van der Waals surface area contributed by atoms with E-state index in [1.54, 1.807) is 0 Å². The maximum Gasteiger partial charge on any atom is 0.359 e. The van der Waals surface area contributed by atoms with Gasteiger partial charge in [-0.05, 0) is 44.0 Å². The van der Waals surface area contributed by atoms with Crippen LogP contribution in [-0.4, -0.2) is 29.4 Å². The molecule has 0 atom stereocenters. The molecule has 2 heterocycles. The number of nitrogens with zero attached hydrogens (tertiary/aromatic N) is 1. The highest BCUT2D eigenvalue weighted by atomic mass is 16.7. The van der Waals surface area contributed by atoms with Crippen LogP contribution in [0.1, 0.15) is 12.8 Å². The van der Waals surface area contributed by atoms with Crippen LogP contribution in [0, 0.1) is 5.92 Å². The van der Waals surface area contributed by atoms with Crippen LogP contribution in [-0.2, 0) is 0 Å². The van der Waals surface area contributed by atoms with Gasteiger partial charge in [-0.25, -0.2) is 4.79 Å². The maximum absolute atomic E-state index is 11.8. The van der Waals surface area contributed by atoms with Crippen molar-refractivity contribution in [2.75, 3.05) is 19.7 Å². The number of hydrogen-bond acceptors (Lipinski definition) is 3. The van der Waals surface area contributed by atoms with Crippen LogP contribution in [0.15, 0.2) is 29.1 Å². The normalized spacial score (nSPS) is 17.1. The minimum absolute atomic E-state index is 0.204. The number of benzene rings is 1. The van der Waals surface area contributed by atoms with Gasteiger partial charge in [0.15, 0.2) is 0 Å². The first-order chi connectivity index (χ1) is 8.84. The molecule has 0 aliphatic carbocycles. The fourth-order valence-electron chi connectivity index (χ4n) is 2.39. The Morgan fingerprint density at radius 3 is 2.89 bits per heavy atom. The summed E-state index contributed by atoms with van der Waals surface area (Å²) >= 11 is 0. The van der Waals surface area contributed by atoms with Crippen molar-refractivity contribution in [3.05, 3.63) is 34.7 Å². The molecule has 2 aromatic rings. The molecule has 2 N–H and O–H groups in total. The van der Waals surface area contributed by atoms with E-state index in [1.807, 2.05) is 24.3 Å². The summed E-state index contributed by atoms with van der Waals surface area (Å²) in [7, 11) is 0. The lowest BCUT2D eigenvalue weighted by atomic mass is 10.00. The summed E-state index contributed by atoms with van der Waals surface area (Å²) in [6, 6.07) is 7.56. The van der Waals surface area contributed by atoms with Crippen LogP contribution < -0.4 is 15.8 Å². The van der Waals surface area contributed by atoms with E-state index in [4.69, 9.17) is 4.84 Å². The highest BCUT2D eigenvalue weighted by Gasteiger charge is 2.15. The van der Waals surface area contributed by atoms with Crippen LogP contribution in [0.4, 0.5) is 0 Å². The number of piperidine rings is 1. The average molecular weight is 247 g/mol. The van der Waals surface area contributed by atoms with Crippen LogP contribution in [0.5, 0.6) is 0 Å². The summed E-state index contributed by atoms with van der Waals surface area (Å²) in [6.45, 7) is 2.68. The number of aromatic nitrogens is 2. The third-order valence-corrected chi connectivity index (χ3v) is 3.45. The minimum atomic E-state index is -0.204. The van der Waals surface area contributed by atoms with Gasteiger partial charge < -0.3 is 15.1 Å². The average Bonchev–Trinajstić information content (AvgIpc) is 2.73. The molecule has 1 aromatic carbocycles. The summed E-state index contributed by atoms with van der Waals surface area (Å²) in [6.07, 6.45) is 2.22. The van der Waals surface area contributed by atoms with Gasteiger partial charge in [0, 0.05) is 0 Å². The van der Waals surface area contributed by atoms with E-state index in [2.05, 4.69) is 10.3 Å². The number of nitrogens with one attached hydrogen (secondary N) is 2. The second kappa shape index (κ2) is 4.86. The van der Waals surface area contributed by atoms with Crippen molar-refractivity contribution in [3.63, 3.8) is 0 Å². The van der Waals surface area contributed by atoms with Gasteiger partial charge in [0.1, 0.15) is 12.1 Å². The fourth-order valence-corrected chi connectivity index (χ4v) is 2.39. The van der Waals surface area contributed by atoms with E-state index in [9.17, 15) is 4.79 Å². The third-order valence-electron chi connectivity index (χ3n) is 3.45. The zero-order valence-electron chi connectivity index (χ0n) is 10.2. The fraction of sp³-hybridized carbons (Fsp3) is 0.462. The van der Waals surface area contributed by atoms with Crippen LogP contribution in [0.3, 0.4) is 0 Å². The molecule has 0 amide bonds. The Morgan fingerprint density at radius 1 is 1.28 bits per heavy atom. The molecule has 0 radical (unpaired) electrons. The number of rotatable bonds is 3. The molecular formula is C13H17N3O2. The molecule has 0 bridgehead atoms. The van der Waals surface area contributed by atoms with E-state index in [-0.39, 0.29) is 5.69 Å². The van der Waals surface area contributed by atoms with Crippen molar-refractivity contribution >= 4 is 11.0 Å². The molecule has 0 saturated carbocycles. The highest BCUT2D eigenvalue weighted by Crippen LogP contribution is 2.12. The summed E-state index contributed by atoms with van der Waals surface area (Å²) in [4.78, 5) is 20.2. The molecule has 5 heteroatoms. The largest absolute Gasteiger partial charge is 0.409 e. The quantitative estimate of drug-likeness (QED) is 0.841. The zero-order valence-corrected chi connectivity index (χ0v) is 10.2. The van der Waals surface area contributed by atoms with E-state index in [1.165, 1.54) is 4.73 Å². The van der Waals surface area contributed by atoms with Gasteiger partial charge in [0.2, 0.25) is 0 Å². The predicted octanol–water partition coefficient (Wildman–Crippen LogP) is 0.758. The van der Waals surface area contributed by atoms with Crippen molar-refractivity contribution in [1.29, 1.82) is 0 Å². The first kappa shape index (κ1) is 11.3. The van der Waals surface area contributed by atoms with Crippen molar-refractivity contribution in [2.45, 2.75) is 12.8 Å². The monoisotopic (exact) mass is 247 g/mol. The molecule has 1 fully saturated rings. The van der Waals surface area contributed by atoms with Gasteiger partial charge in [-0.1, -0.05) is 12.1 Å². The van der Waals surface area contributed by atoms with Crippen molar-refractivity contribution in [2.24, 2.45) is 5.92 Å².